The smallest absolute Gasteiger partial charge is 0.174 e. The molecular weight excluding hydrogens is 426 g/mol. The second-order valence-electron chi connectivity index (χ2n) is 7.36. The average Bonchev–Trinajstić information content (AvgIpc) is 3.39. The van der Waals surface area contributed by atoms with Gasteiger partial charge in [0.15, 0.2) is 5.11 Å². The molecule has 154 valence electrons. The molecule has 1 aromatic carbocycles. The Morgan fingerprint density at radius 1 is 0.903 bits per heavy atom. The highest BCUT2D eigenvalue weighted by molar-refractivity contribution is 7.80. The molecule has 3 aromatic heterocycles. The molecule has 0 radical (unpaired) electrons. The summed E-state index contributed by atoms with van der Waals surface area (Å²) in [7, 11) is 0. The number of nitrogens with zero attached hydrogens (tertiary/aromatic N) is 4. The Morgan fingerprint density at radius 2 is 1.68 bits per heavy atom. The number of rotatable bonds is 5. The van der Waals surface area contributed by atoms with Gasteiger partial charge in [0.2, 0.25) is 0 Å². The van der Waals surface area contributed by atoms with Gasteiger partial charge in [0.1, 0.15) is 6.04 Å². The van der Waals surface area contributed by atoms with Crippen molar-refractivity contribution in [3.63, 3.8) is 0 Å². The Morgan fingerprint density at radius 3 is 2.39 bits per heavy atom. The van der Waals surface area contributed by atoms with E-state index in [9.17, 15) is 0 Å². The van der Waals surface area contributed by atoms with E-state index in [0.29, 0.717) is 16.7 Å². The summed E-state index contributed by atoms with van der Waals surface area (Å²) in [6, 6.07) is 23.7. The van der Waals surface area contributed by atoms with E-state index in [2.05, 4.69) is 43.1 Å². The van der Waals surface area contributed by atoms with Gasteiger partial charge in [0.05, 0.1) is 24.0 Å². The number of halogens is 1. The largest absolute Gasteiger partial charge is 0.351 e. The van der Waals surface area contributed by atoms with Crippen LogP contribution in [0.2, 0.25) is 5.02 Å². The first kappa shape index (κ1) is 19.7. The number of pyridine rings is 2. The third kappa shape index (κ3) is 3.92. The van der Waals surface area contributed by atoms with Gasteiger partial charge in [-0.3, -0.25) is 9.97 Å². The van der Waals surface area contributed by atoms with Gasteiger partial charge in [-0.2, -0.15) is 0 Å². The lowest BCUT2D eigenvalue weighted by atomic mass is 10.0. The summed E-state index contributed by atoms with van der Waals surface area (Å²) in [6.07, 6.45) is 5.72. The zero-order valence-electron chi connectivity index (χ0n) is 16.6. The monoisotopic (exact) mass is 445 g/mol. The Hall–Kier alpha value is -3.22. The molecule has 1 fully saturated rings. The molecule has 5 nitrogen and oxygen atoms in total. The van der Waals surface area contributed by atoms with E-state index in [-0.39, 0.29) is 12.1 Å². The molecule has 7 heteroatoms. The van der Waals surface area contributed by atoms with E-state index in [1.165, 1.54) is 0 Å². The molecule has 0 amide bonds. The maximum absolute atomic E-state index is 6.14. The Balaban J connectivity index is 1.60. The predicted molar refractivity (Wildman–Crippen MR) is 127 cm³/mol. The van der Waals surface area contributed by atoms with Gasteiger partial charge in [-0.15, -0.1) is 0 Å². The topological polar surface area (TPSA) is 46.0 Å². The van der Waals surface area contributed by atoms with Crippen LogP contribution in [-0.2, 0) is 6.54 Å². The molecule has 0 spiro atoms. The van der Waals surface area contributed by atoms with Crippen molar-refractivity contribution in [3.8, 4) is 0 Å². The molecular formula is C24H20ClN5S. The van der Waals surface area contributed by atoms with E-state index in [1.54, 1.807) is 0 Å². The number of anilines is 1. The zero-order chi connectivity index (χ0) is 21.2. The highest BCUT2D eigenvalue weighted by Gasteiger charge is 2.42. The van der Waals surface area contributed by atoms with Crippen molar-refractivity contribution < 1.29 is 0 Å². The number of hydrogen-bond donors (Lipinski definition) is 1. The predicted octanol–water partition coefficient (Wildman–Crippen LogP) is 5.16. The molecule has 5 rings (SSSR count). The van der Waals surface area contributed by atoms with Crippen LogP contribution in [-0.4, -0.2) is 19.6 Å². The second kappa shape index (κ2) is 8.49. The van der Waals surface area contributed by atoms with Crippen molar-refractivity contribution in [2.24, 2.45) is 0 Å². The fraction of sp³-hybridized carbons (Fsp3) is 0.125. The highest BCUT2D eigenvalue weighted by Crippen LogP contribution is 2.41. The SMILES string of the molecule is S=C1N[C@@H](c2ccccn2)[C@@H](c2cccn2Cc2ccccn2)N1c1ccc(Cl)cc1. The quantitative estimate of drug-likeness (QED) is 0.430. The molecule has 1 N–H and O–H groups in total. The number of thiocarbonyl (C=S) groups is 1. The van der Waals surface area contributed by atoms with Crippen molar-refractivity contribution >= 4 is 34.6 Å². The van der Waals surface area contributed by atoms with Gasteiger partial charge >= 0.3 is 0 Å². The summed E-state index contributed by atoms with van der Waals surface area (Å²) in [5.41, 5.74) is 4.05. The molecule has 4 aromatic rings. The van der Waals surface area contributed by atoms with Crippen LogP contribution in [0.5, 0.6) is 0 Å². The first-order chi connectivity index (χ1) is 15.2. The first-order valence-corrected chi connectivity index (χ1v) is 10.8. The number of hydrogen-bond acceptors (Lipinski definition) is 3. The summed E-state index contributed by atoms with van der Waals surface area (Å²) in [6.45, 7) is 0.676. The molecule has 0 unspecified atom stereocenters. The molecule has 0 saturated carbocycles. The van der Waals surface area contributed by atoms with Gasteiger partial charge in [-0.05, 0) is 72.9 Å². The molecule has 0 aliphatic carbocycles. The lowest BCUT2D eigenvalue weighted by Crippen LogP contribution is -2.30. The molecule has 1 saturated heterocycles. The Kier molecular flexibility index (Phi) is 5.40. The van der Waals surface area contributed by atoms with Crippen LogP contribution < -0.4 is 10.2 Å². The summed E-state index contributed by atoms with van der Waals surface area (Å²) in [5.74, 6) is 0. The third-order valence-corrected chi connectivity index (χ3v) is 6.00. The lowest BCUT2D eigenvalue weighted by Gasteiger charge is -2.29. The summed E-state index contributed by atoms with van der Waals surface area (Å²) < 4.78 is 2.22. The van der Waals surface area contributed by atoms with Crippen LogP contribution in [0.3, 0.4) is 0 Å². The van der Waals surface area contributed by atoms with E-state index < -0.39 is 0 Å². The number of nitrogens with one attached hydrogen (secondary N) is 1. The number of aromatic nitrogens is 3. The van der Waals surface area contributed by atoms with Crippen LogP contribution in [0.25, 0.3) is 0 Å². The highest BCUT2D eigenvalue weighted by atomic mass is 35.5. The number of benzene rings is 1. The standard InChI is InChI=1S/C24H20ClN5S/c25-17-9-11-19(12-10-17)30-23(22(28-24(30)31)20-7-2-4-14-27-20)21-8-5-15-29(21)16-18-6-1-3-13-26-18/h1-15,22-23H,16H2,(H,28,31)/t22-,23+/m0/s1. The van der Waals surface area contributed by atoms with Crippen LogP contribution in [0, 0.1) is 0 Å². The Labute approximate surface area is 191 Å². The maximum Gasteiger partial charge on any atom is 0.174 e. The van der Waals surface area contributed by atoms with E-state index in [4.69, 9.17) is 23.8 Å². The summed E-state index contributed by atoms with van der Waals surface area (Å²) >= 11 is 11.9. The van der Waals surface area contributed by atoms with Crippen molar-refractivity contribution in [2.45, 2.75) is 18.6 Å². The molecule has 31 heavy (non-hydrogen) atoms. The first-order valence-electron chi connectivity index (χ1n) is 10.0. The minimum absolute atomic E-state index is 0.0812. The minimum atomic E-state index is -0.0956. The van der Waals surface area contributed by atoms with Crippen LogP contribution in [0.15, 0.2) is 91.4 Å². The zero-order valence-corrected chi connectivity index (χ0v) is 18.2. The van der Waals surface area contributed by atoms with E-state index >= 15 is 0 Å². The normalized spacial score (nSPS) is 18.2. The van der Waals surface area contributed by atoms with Crippen LogP contribution in [0.4, 0.5) is 5.69 Å². The van der Waals surface area contributed by atoms with Gasteiger partial charge in [0.25, 0.3) is 0 Å². The molecule has 1 aliphatic heterocycles. The van der Waals surface area contributed by atoms with Gasteiger partial charge in [0, 0.05) is 35.0 Å². The van der Waals surface area contributed by atoms with Crippen molar-refractivity contribution in [1.29, 1.82) is 0 Å². The fourth-order valence-corrected chi connectivity index (χ4v) is 4.51. The minimum Gasteiger partial charge on any atom is -0.351 e. The van der Waals surface area contributed by atoms with Gasteiger partial charge in [-0.25, -0.2) is 0 Å². The molecule has 4 heterocycles. The average molecular weight is 446 g/mol. The van der Waals surface area contributed by atoms with Gasteiger partial charge < -0.3 is 14.8 Å². The molecule has 2 atom stereocenters. The summed E-state index contributed by atoms with van der Waals surface area (Å²) in [4.78, 5) is 11.3. The second-order valence-corrected chi connectivity index (χ2v) is 8.18. The van der Waals surface area contributed by atoms with Crippen LogP contribution >= 0.6 is 23.8 Å². The molecule has 1 aliphatic rings. The summed E-state index contributed by atoms with van der Waals surface area (Å²) in [5, 5.41) is 4.85. The molecule has 0 bridgehead atoms. The van der Waals surface area contributed by atoms with Crippen molar-refractivity contribution in [2.75, 3.05) is 4.90 Å². The van der Waals surface area contributed by atoms with E-state index in [1.807, 2.05) is 73.1 Å². The Bertz CT molecular complexity index is 1180. The maximum atomic E-state index is 6.14. The third-order valence-electron chi connectivity index (χ3n) is 5.43. The van der Waals surface area contributed by atoms with E-state index in [0.717, 1.165) is 22.8 Å². The fourth-order valence-electron chi connectivity index (χ4n) is 4.04. The van der Waals surface area contributed by atoms with Crippen molar-refractivity contribution in [1.82, 2.24) is 19.9 Å². The van der Waals surface area contributed by atoms with Crippen molar-refractivity contribution in [3.05, 3.63) is 113 Å². The van der Waals surface area contributed by atoms with Gasteiger partial charge in [-0.1, -0.05) is 23.7 Å². The lowest BCUT2D eigenvalue weighted by molar-refractivity contribution is 0.532. The van der Waals surface area contributed by atoms with Crippen LogP contribution in [0.1, 0.15) is 29.2 Å².